The van der Waals surface area contributed by atoms with E-state index < -0.39 is 14.1 Å². The van der Waals surface area contributed by atoms with Crippen LogP contribution in [-0.2, 0) is 19.2 Å². The van der Waals surface area contributed by atoms with Gasteiger partial charge in [-0.2, -0.15) is 0 Å². The summed E-state index contributed by atoms with van der Waals surface area (Å²) in [5.41, 5.74) is 2.34. The summed E-state index contributed by atoms with van der Waals surface area (Å²) in [6.07, 6.45) is 2.85. The van der Waals surface area contributed by atoms with E-state index in [1.165, 1.54) is 18.5 Å². The minimum atomic E-state index is -2.24. The molecule has 0 spiro atoms. The fourth-order valence-electron chi connectivity index (χ4n) is 5.04. The number of piperidine rings is 2. The number of anilines is 2. The fraction of sp³-hybridized carbons (Fsp3) is 0.516. The van der Waals surface area contributed by atoms with Crippen molar-refractivity contribution in [3.05, 3.63) is 48.5 Å². The number of alkyl halides is 6. The minimum Gasteiger partial charge on any atom is -1.00 e. The van der Waals surface area contributed by atoms with Gasteiger partial charge in [-0.3, -0.25) is 9.59 Å². The average molecular weight is 908 g/mol. The summed E-state index contributed by atoms with van der Waals surface area (Å²) in [4.78, 5) is 39.3. The predicted molar refractivity (Wildman–Crippen MR) is 201 cm³/mol. The number of nitrogens with zero attached hydrogens (tertiary/aromatic N) is 3. The van der Waals surface area contributed by atoms with Gasteiger partial charge in [0.15, 0.2) is 0 Å². The molecule has 0 radical (unpaired) electrons. The third kappa shape index (κ3) is 23.0. The Balaban J connectivity index is -0.000000684. The first kappa shape index (κ1) is 54.9. The smallest absolute Gasteiger partial charge is 1.00 e. The number of amides is 1. The molecule has 1 N–H and O–H groups in total. The van der Waals surface area contributed by atoms with Crippen molar-refractivity contribution in [1.82, 2.24) is 10.2 Å². The summed E-state index contributed by atoms with van der Waals surface area (Å²) >= 11 is 35.7. The predicted octanol–water partition coefficient (Wildman–Crippen LogP) is 1.19. The molecule has 0 unspecified atom stereocenters. The summed E-state index contributed by atoms with van der Waals surface area (Å²) in [7, 11) is 7.23. The quantitative estimate of drug-likeness (QED) is 0.0624. The second kappa shape index (κ2) is 29.1. The molecule has 0 saturated carbocycles. The number of ether oxygens (including phenoxy) is 4. The number of para-hydroxylation sites is 4. The van der Waals surface area contributed by atoms with E-state index >= 15 is 0 Å². The first-order valence-electron chi connectivity index (χ1n) is 15.1. The van der Waals surface area contributed by atoms with E-state index in [0.717, 1.165) is 56.2 Å². The van der Waals surface area contributed by atoms with Crippen LogP contribution in [-0.4, -0.2) is 97.4 Å². The molecule has 1 amide bonds. The summed E-state index contributed by atoms with van der Waals surface area (Å²) in [5.74, 6) is 1.87. The summed E-state index contributed by atoms with van der Waals surface area (Å²) in [5, 5.41) is 11.4. The molecule has 0 bridgehead atoms. The van der Waals surface area contributed by atoms with Crippen molar-refractivity contribution in [2.24, 2.45) is 0 Å². The van der Waals surface area contributed by atoms with Gasteiger partial charge in [0.1, 0.15) is 11.5 Å². The molecule has 2 fully saturated rings. The molecule has 53 heavy (non-hydrogen) atoms. The summed E-state index contributed by atoms with van der Waals surface area (Å²) < 4.78 is 14.3. The summed E-state index contributed by atoms with van der Waals surface area (Å²) in [6, 6.07) is 17.2. The Morgan fingerprint density at radius 3 is 1.47 bits per heavy atom. The van der Waals surface area contributed by atoms with E-state index in [1.807, 2.05) is 37.4 Å². The third-order valence-corrected chi connectivity index (χ3v) is 8.21. The molecular formula is C31H41Cl7N4Na2O9. The number of nitrogens with one attached hydrogen (secondary N) is 1. The number of halogens is 7. The molecule has 0 aliphatic carbocycles. The zero-order valence-electron chi connectivity index (χ0n) is 31.2. The van der Waals surface area contributed by atoms with E-state index in [1.54, 1.807) is 26.2 Å². The van der Waals surface area contributed by atoms with Gasteiger partial charge in [0.2, 0.25) is 0 Å². The van der Waals surface area contributed by atoms with Crippen LogP contribution in [0, 0.1) is 0 Å². The fourth-order valence-corrected chi connectivity index (χ4v) is 5.55. The minimum absolute atomic E-state index is 0. The van der Waals surface area contributed by atoms with Gasteiger partial charge in [-0.25, -0.2) is 4.79 Å². The van der Waals surface area contributed by atoms with Crippen molar-refractivity contribution in [2.45, 2.75) is 45.7 Å². The third-order valence-electron chi connectivity index (χ3n) is 7.48. The van der Waals surface area contributed by atoms with Crippen LogP contribution in [0.3, 0.4) is 0 Å². The number of benzene rings is 2. The Morgan fingerprint density at radius 1 is 0.811 bits per heavy atom. The van der Waals surface area contributed by atoms with Crippen LogP contribution in [0.2, 0.25) is 0 Å². The van der Waals surface area contributed by atoms with Gasteiger partial charge in [0.05, 0.1) is 25.6 Å². The largest absolute Gasteiger partial charge is 1.00 e. The number of hydrogen-bond acceptors (Lipinski definition) is 12. The van der Waals surface area contributed by atoms with Crippen LogP contribution < -0.4 is 89.0 Å². The van der Waals surface area contributed by atoms with Crippen molar-refractivity contribution in [2.75, 3.05) is 64.3 Å². The van der Waals surface area contributed by atoms with Crippen LogP contribution in [0.4, 0.5) is 21.0 Å². The molecule has 4 rings (SSSR count). The van der Waals surface area contributed by atoms with Crippen LogP contribution >= 0.6 is 81.2 Å². The Kier molecular flexibility index (Phi) is 30.1. The SMILES string of the molecule is CNC1CCN(c2ccccc2OC)CC1.COc1ccccc1N1CCC(N(C)C(=O)Cl)CC1.O=C(OC(Cl)(Cl)Cl)OC(Cl)(Cl)Cl.O=CO[O-].[H-].[Na+].[Na+]. The van der Waals surface area contributed by atoms with Crippen molar-refractivity contribution in [3.63, 3.8) is 0 Å². The molecule has 290 valence electrons. The number of methoxy groups -OCH3 is 2. The van der Waals surface area contributed by atoms with Crippen molar-refractivity contribution >= 4 is 111 Å². The molecule has 22 heteroatoms. The monoisotopic (exact) mass is 904 g/mol. The molecule has 2 aliphatic rings. The Hall–Kier alpha value is -0.200. The molecule has 2 aliphatic heterocycles. The maximum atomic E-state index is 11.2. The van der Waals surface area contributed by atoms with Crippen molar-refractivity contribution < 1.29 is 104 Å². The van der Waals surface area contributed by atoms with E-state index in [4.69, 9.17) is 101 Å². The Labute approximate surface area is 390 Å². The Bertz CT molecular complexity index is 1320. The van der Waals surface area contributed by atoms with Gasteiger partial charge in [0.25, 0.3) is 6.47 Å². The zero-order valence-corrected chi connectivity index (χ0v) is 39.5. The van der Waals surface area contributed by atoms with Crippen LogP contribution in [0.25, 0.3) is 0 Å². The number of hydrogen-bond donors (Lipinski definition) is 1. The van der Waals surface area contributed by atoms with E-state index in [0.29, 0.717) is 6.04 Å². The second-order valence-electron chi connectivity index (χ2n) is 10.5. The van der Waals surface area contributed by atoms with Crippen LogP contribution in [0.1, 0.15) is 27.1 Å². The first-order valence-corrected chi connectivity index (χ1v) is 17.8. The van der Waals surface area contributed by atoms with E-state index in [-0.39, 0.29) is 78.4 Å². The molecule has 2 heterocycles. The standard InChI is InChI=1S/C14H19ClN2O2.C13H20N2O.C3Cl6O3.CH2O3.2Na.H/c1-16(14(15)18)11-7-9-17(10-8-11)12-5-3-4-6-13(12)19-2;1-14-11-7-9-15(10-8-11)12-5-3-4-6-13(12)16-2;4-2(5,6)11-1(10)12-3(7,8)9;2-1-4-3;;;/h3-6,11H,7-10H2,1-2H3;3-6,11,14H,7-10H2,1-2H3;;1,3H;;;/q;;;;2*+1;-1/p-1. The van der Waals surface area contributed by atoms with Crippen LogP contribution in [0.5, 0.6) is 11.5 Å². The van der Waals surface area contributed by atoms with Gasteiger partial charge >= 0.3 is 78.6 Å². The maximum Gasteiger partial charge on any atom is 1.00 e. The van der Waals surface area contributed by atoms with Gasteiger partial charge in [-0.05, 0) is 138 Å². The molecule has 2 saturated heterocycles. The number of carbonyl (C=O) groups excluding carboxylic acids is 3. The molecule has 13 nitrogen and oxygen atoms in total. The Morgan fingerprint density at radius 2 is 1.17 bits per heavy atom. The molecule has 0 aromatic heterocycles. The van der Waals surface area contributed by atoms with Gasteiger partial charge in [0, 0.05) is 45.3 Å². The van der Waals surface area contributed by atoms with E-state index in [2.05, 4.69) is 47.7 Å². The molecule has 2 aromatic rings. The molecule has 2 aromatic carbocycles. The van der Waals surface area contributed by atoms with E-state index in [9.17, 15) is 9.59 Å². The van der Waals surface area contributed by atoms with Gasteiger partial charge < -0.3 is 50.5 Å². The van der Waals surface area contributed by atoms with Crippen molar-refractivity contribution in [3.8, 4) is 11.5 Å². The van der Waals surface area contributed by atoms with Gasteiger partial charge in [-0.1, -0.05) is 24.3 Å². The van der Waals surface area contributed by atoms with Crippen molar-refractivity contribution in [1.29, 1.82) is 0 Å². The maximum absolute atomic E-state index is 11.2. The van der Waals surface area contributed by atoms with Crippen LogP contribution in [0.15, 0.2) is 48.5 Å². The topological polar surface area (TPSA) is 142 Å². The second-order valence-corrected chi connectivity index (χ2v) is 15.2. The zero-order chi connectivity index (χ0) is 38.6. The molecule has 0 atom stereocenters. The first-order chi connectivity index (χ1) is 24.0. The normalized spacial score (nSPS) is 14.3. The average Bonchev–Trinajstić information content (AvgIpc) is 3.10. The number of rotatable bonds is 7. The molecular weight excluding hydrogens is 867 g/mol. The summed E-state index contributed by atoms with van der Waals surface area (Å²) in [6.45, 7) is 3.83. The number of carbonyl (C=O) groups is 3. The van der Waals surface area contributed by atoms with Gasteiger partial charge in [-0.15, -0.1) is 0 Å².